The van der Waals surface area contributed by atoms with E-state index in [9.17, 15) is 10.1 Å². The Labute approximate surface area is 157 Å². The Morgan fingerprint density at radius 3 is 2.67 bits per heavy atom. The van der Waals surface area contributed by atoms with Crippen molar-refractivity contribution in [2.75, 3.05) is 13.2 Å². The average Bonchev–Trinajstić information content (AvgIpc) is 2.90. The molecule has 4 rings (SSSR count). The van der Waals surface area contributed by atoms with Gasteiger partial charge in [-0.15, -0.1) is 0 Å². The number of pyridine rings is 1. The molecule has 2 heterocycles. The SMILES string of the molecule is O=[N+]([O-])c1ccccc1CN1CCOc2nccc(-c3ccccc3)c2C1. The summed E-state index contributed by atoms with van der Waals surface area (Å²) in [5.74, 6) is 0.640. The quantitative estimate of drug-likeness (QED) is 0.518. The first-order valence-electron chi connectivity index (χ1n) is 8.83. The minimum atomic E-state index is -0.325. The molecule has 0 bridgehead atoms. The van der Waals surface area contributed by atoms with Crippen LogP contribution in [0.15, 0.2) is 66.9 Å². The minimum absolute atomic E-state index is 0.150. The highest BCUT2D eigenvalue weighted by molar-refractivity contribution is 5.68. The van der Waals surface area contributed by atoms with Crippen LogP contribution in [0, 0.1) is 10.1 Å². The Hall–Kier alpha value is -3.25. The summed E-state index contributed by atoms with van der Waals surface area (Å²) in [4.78, 5) is 17.6. The molecule has 1 aliphatic heterocycles. The summed E-state index contributed by atoms with van der Waals surface area (Å²) in [6.07, 6.45) is 1.76. The van der Waals surface area contributed by atoms with Crippen LogP contribution in [0.4, 0.5) is 5.69 Å². The van der Waals surface area contributed by atoms with Gasteiger partial charge in [-0.3, -0.25) is 15.0 Å². The molecule has 0 saturated heterocycles. The van der Waals surface area contributed by atoms with Crippen LogP contribution < -0.4 is 4.74 Å². The van der Waals surface area contributed by atoms with E-state index in [4.69, 9.17) is 4.74 Å². The number of hydrogen-bond donors (Lipinski definition) is 0. The van der Waals surface area contributed by atoms with Crippen molar-refractivity contribution in [2.45, 2.75) is 13.1 Å². The number of nitrogens with zero attached hydrogens (tertiary/aromatic N) is 3. The van der Waals surface area contributed by atoms with Gasteiger partial charge in [0.2, 0.25) is 5.88 Å². The Morgan fingerprint density at radius 1 is 1.07 bits per heavy atom. The Morgan fingerprint density at radius 2 is 1.85 bits per heavy atom. The predicted octanol–water partition coefficient (Wildman–Crippen LogP) is 4.05. The lowest BCUT2D eigenvalue weighted by Gasteiger charge is -2.20. The van der Waals surface area contributed by atoms with Crippen molar-refractivity contribution in [2.24, 2.45) is 0 Å². The number of nitro groups is 1. The average molecular weight is 361 g/mol. The second-order valence-electron chi connectivity index (χ2n) is 6.45. The van der Waals surface area contributed by atoms with Gasteiger partial charge < -0.3 is 4.74 Å². The minimum Gasteiger partial charge on any atom is -0.476 e. The van der Waals surface area contributed by atoms with E-state index in [1.54, 1.807) is 18.3 Å². The molecule has 0 aliphatic carbocycles. The van der Waals surface area contributed by atoms with Crippen molar-refractivity contribution >= 4 is 5.69 Å². The molecule has 1 aliphatic rings. The van der Waals surface area contributed by atoms with Gasteiger partial charge in [0, 0.05) is 43.0 Å². The first-order valence-corrected chi connectivity index (χ1v) is 8.83. The molecule has 0 fully saturated rings. The first kappa shape index (κ1) is 17.2. The summed E-state index contributed by atoms with van der Waals surface area (Å²) in [6, 6.07) is 19.0. The molecule has 0 atom stereocenters. The third-order valence-corrected chi connectivity index (χ3v) is 4.71. The third-order valence-electron chi connectivity index (χ3n) is 4.71. The molecular formula is C21H19N3O3. The van der Waals surface area contributed by atoms with E-state index in [-0.39, 0.29) is 10.6 Å². The number of aromatic nitrogens is 1. The van der Waals surface area contributed by atoms with E-state index in [0.29, 0.717) is 37.7 Å². The molecule has 0 spiro atoms. The summed E-state index contributed by atoms with van der Waals surface area (Å²) >= 11 is 0. The van der Waals surface area contributed by atoms with Crippen LogP contribution in [0.3, 0.4) is 0 Å². The zero-order valence-electron chi connectivity index (χ0n) is 14.7. The zero-order valence-corrected chi connectivity index (χ0v) is 14.7. The highest BCUT2D eigenvalue weighted by atomic mass is 16.6. The van der Waals surface area contributed by atoms with Crippen molar-refractivity contribution < 1.29 is 9.66 Å². The standard InChI is InChI=1S/C21H19N3O3/c25-24(26)20-9-5-4-8-17(20)14-23-12-13-27-21-19(15-23)18(10-11-22-21)16-6-2-1-3-7-16/h1-11H,12-15H2. The molecule has 0 amide bonds. The molecule has 1 aromatic heterocycles. The maximum absolute atomic E-state index is 11.3. The van der Waals surface area contributed by atoms with Gasteiger partial charge in [0.05, 0.1) is 4.92 Å². The number of fused-ring (bicyclic) bond motifs is 1. The Balaban J connectivity index is 1.67. The largest absolute Gasteiger partial charge is 0.476 e. The predicted molar refractivity (Wildman–Crippen MR) is 102 cm³/mol. The van der Waals surface area contributed by atoms with Gasteiger partial charge in [-0.05, 0) is 17.2 Å². The van der Waals surface area contributed by atoms with E-state index in [1.807, 2.05) is 36.4 Å². The number of para-hydroxylation sites is 1. The molecule has 6 nitrogen and oxygen atoms in total. The monoisotopic (exact) mass is 361 g/mol. The van der Waals surface area contributed by atoms with E-state index in [1.165, 1.54) is 0 Å². The molecule has 3 aromatic rings. The van der Waals surface area contributed by atoms with Crippen LogP contribution in [0.2, 0.25) is 0 Å². The van der Waals surface area contributed by atoms with Crippen LogP contribution in [0.1, 0.15) is 11.1 Å². The van der Waals surface area contributed by atoms with Gasteiger partial charge in [0.25, 0.3) is 5.69 Å². The fraction of sp³-hybridized carbons (Fsp3) is 0.190. The van der Waals surface area contributed by atoms with Crippen LogP contribution >= 0.6 is 0 Å². The van der Waals surface area contributed by atoms with Gasteiger partial charge in [-0.25, -0.2) is 4.98 Å². The summed E-state index contributed by atoms with van der Waals surface area (Å²) in [5, 5.41) is 11.3. The number of benzene rings is 2. The number of ether oxygens (including phenoxy) is 1. The fourth-order valence-electron chi connectivity index (χ4n) is 3.41. The zero-order chi connectivity index (χ0) is 18.6. The van der Waals surface area contributed by atoms with Crippen molar-refractivity contribution in [1.29, 1.82) is 0 Å². The molecule has 0 radical (unpaired) electrons. The first-order chi connectivity index (χ1) is 13.2. The maximum atomic E-state index is 11.3. The van der Waals surface area contributed by atoms with E-state index in [0.717, 1.165) is 16.7 Å². The van der Waals surface area contributed by atoms with Gasteiger partial charge in [-0.1, -0.05) is 48.5 Å². The Bertz CT molecular complexity index is 960. The van der Waals surface area contributed by atoms with Gasteiger partial charge >= 0.3 is 0 Å². The Kier molecular flexibility index (Phi) is 4.80. The lowest BCUT2D eigenvalue weighted by atomic mass is 10.0. The maximum Gasteiger partial charge on any atom is 0.273 e. The fourth-order valence-corrected chi connectivity index (χ4v) is 3.41. The normalized spacial score (nSPS) is 14.1. The molecule has 6 heteroatoms. The highest BCUT2D eigenvalue weighted by Gasteiger charge is 2.22. The van der Waals surface area contributed by atoms with Crippen LogP contribution in [0.25, 0.3) is 11.1 Å². The lowest BCUT2D eigenvalue weighted by Crippen LogP contribution is -2.25. The van der Waals surface area contributed by atoms with E-state index < -0.39 is 0 Å². The van der Waals surface area contributed by atoms with E-state index >= 15 is 0 Å². The molecule has 0 saturated carbocycles. The van der Waals surface area contributed by atoms with Gasteiger partial charge in [0.1, 0.15) is 6.61 Å². The molecule has 27 heavy (non-hydrogen) atoms. The van der Waals surface area contributed by atoms with Crippen molar-refractivity contribution in [3.63, 3.8) is 0 Å². The van der Waals surface area contributed by atoms with E-state index in [2.05, 4.69) is 22.0 Å². The smallest absolute Gasteiger partial charge is 0.273 e. The topological polar surface area (TPSA) is 68.5 Å². The lowest BCUT2D eigenvalue weighted by molar-refractivity contribution is -0.385. The third kappa shape index (κ3) is 3.66. The van der Waals surface area contributed by atoms with Crippen molar-refractivity contribution in [3.05, 3.63) is 88.1 Å². The summed E-state index contributed by atoms with van der Waals surface area (Å²) in [6.45, 7) is 2.29. The van der Waals surface area contributed by atoms with Crippen molar-refractivity contribution in [1.82, 2.24) is 9.88 Å². The number of nitro benzene ring substituents is 1. The van der Waals surface area contributed by atoms with Crippen LogP contribution in [0.5, 0.6) is 5.88 Å². The number of rotatable bonds is 4. The summed E-state index contributed by atoms with van der Waals surface area (Å²) in [5.41, 5.74) is 4.05. The second kappa shape index (κ2) is 7.55. The highest BCUT2D eigenvalue weighted by Crippen LogP contribution is 2.32. The molecule has 136 valence electrons. The van der Waals surface area contributed by atoms with Crippen LogP contribution in [-0.4, -0.2) is 28.0 Å². The molecule has 2 aromatic carbocycles. The summed E-state index contributed by atoms with van der Waals surface area (Å²) in [7, 11) is 0. The van der Waals surface area contributed by atoms with Crippen LogP contribution in [-0.2, 0) is 13.1 Å². The summed E-state index contributed by atoms with van der Waals surface area (Å²) < 4.78 is 5.87. The molecule has 0 unspecified atom stereocenters. The second-order valence-corrected chi connectivity index (χ2v) is 6.45. The van der Waals surface area contributed by atoms with Gasteiger partial charge in [-0.2, -0.15) is 0 Å². The van der Waals surface area contributed by atoms with Crippen molar-refractivity contribution in [3.8, 4) is 17.0 Å². The molecule has 0 N–H and O–H groups in total. The number of hydrogen-bond acceptors (Lipinski definition) is 5. The molecular weight excluding hydrogens is 342 g/mol. The van der Waals surface area contributed by atoms with Gasteiger partial charge in [0.15, 0.2) is 0 Å².